The Bertz CT molecular complexity index is 923. The average Bonchev–Trinajstić information content (AvgIpc) is 3.01. The van der Waals surface area contributed by atoms with E-state index in [4.69, 9.17) is 4.74 Å². The lowest BCUT2D eigenvalue weighted by Gasteiger charge is -2.07. The fourth-order valence-corrected chi connectivity index (χ4v) is 3.24. The maximum Gasteiger partial charge on any atom is 0.234 e. The number of aryl methyl sites for hydroxylation is 1. The molecule has 26 heavy (non-hydrogen) atoms. The zero-order valence-electron chi connectivity index (χ0n) is 14.9. The van der Waals surface area contributed by atoms with E-state index in [-0.39, 0.29) is 11.7 Å². The number of methoxy groups -OCH3 is 1. The van der Waals surface area contributed by atoms with Crippen LogP contribution in [0.4, 0.5) is 5.69 Å². The predicted molar refractivity (Wildman–Crippen MR) is 104 cm³/mol. The van der Waals surface area contributed by atoms with Gasteiger partial charge >= 0.3 is 0 Å². The van der Waals surface area contributed by atoms with Crippen molar-refractivity contribution in [2.75, 3.05) is 18.2 Å². The lowest BCUT2D eigenvalue weighted by molar-refractivity contribution is -0.113. The van der Waals surface area contributed by atoms with Crippen LogP contribution in [0.25, 0.3) is 11.4 Å². The molecule has 0 saturated heterocycles. The van der Waals surface area contributed by atoms with Crippen molar-refractivity contribution >= 4 is 23.4 Å². The van der Waals surface area contributed by atoms with E-state index < -0.39 is 0 Å². The van der Waals surface area contributed by atoms with Crippen molar-refractivity contribution in [1.82, 2.24) is 14.8 Å². The number of amides is 1. The first-order valence-electron chi connectivity index (χ1n) is 8.10. The Balaban J connectivity index is 1.65. The Hall–Kier alpha value is -2.80. The van der Waals surface area contributed by atoms with E-state index in [9.17, 15) is 4.79 Å². The number of nitrogens with zero attached hydrogens (tertiary/aromatic N) is 3. The second-order valence-electron chi connectivity index (χ2n) is 5.75. The van der Waals surface area contributed by atoms with Crippen molar-refractivity contribution in [3.8, 4) is 17.1 Å². The number of rotatable bonds is 6. The molecule has 7 heteroatoms. The van der Waals surface area contributed by atoms with Gasteiger partial charge in [-0.25, -0.2) is 0 Å². The standard InChI is InChI=1S/C19H20N4O2S/c1-13-7-4-5-10-16(13)18-21-22-19(23(18)2)26-12-17(24)20-14-8-6-9-15(11-14)25-3/h4-11H,12H2,1-3H3,(H,20,24). The zero-order chi connectivity index (χ0) is 18.5. The van der Waals surface area contributed by atoms with Crippen molar-refractivity contribution < 1.29 is 9.53 Å². The Labute approximate surface area is 156 Å². The van der Waals surface area contributed by atoms with E-state index in [0.717, 1.165) is 17.0 Å². The molecule has 2 aromatic carbocycles. The van der Waals surface area contributed by atoms with Crippen LogP contribution >= 0.6 is 11.8 Å². The van der Waals surface area contributed by atoms with Crippen molar-refractivity contribution in [2.24, 2.45) is 7.05 Å². The molecule has 1 N–H and O–H groups in total. The third-order valence-electron chi connectivity index (χ3n) is 3.91. The zero-order valence-corrected chi connectivity index (χ0v) is 15.7. The Morgan fingerprint density at radius 3 is 2.77 bits per heavy atom. The fraction of sp³-hybridized carbons (Fsp3) is 0.211. The first-order valence-corrected chi connectivity index (χ1v) is 9.09. The second-order valence-corrected chi connectivity index (χ2v) is 6.69. The van der Waals surface area contributed by atoms with Gasteiger partial charge in [0.1, 0.15) is 5.75 Å². The molecule has 0 aliphatic carbocycles. The van der Waals surface area contributed by atoms with Crippen LogP contribution in [-0.2, 0) is 11.8 Å². The molecule has 3 aromatic rings. The minimum atomic E-state index is -0.108. The number of anilines is 1. The molecule has 1 amide bonds. The van der Waals surface area contributed by atoms with Gasteiger partial charge in [0.15, 0.2) is 11.0 Å². The molecule has 0 bridgehead atoms. The van der Waals surface area contributed by atoms with Crippen LogP contribution in [0.5, 0.6) is 5.75 Å². The van der Waals surface area contributed by atoms with Gasteiger partial charge in [-0.15, -0.1) is 10.2 Å². The molecule has 0 saturated carbocycles. The Morgan fingerprint density at radius 2 is 2.00 bits per heavy atom. The number of hydrogen-bond donors (Lipinski definition) is 1. The molecule has 0 fully saturated rings. The van der Waals surface area contributed by atoms with Crippen LogP contribution in [0.3, 0.4) is 0 Å². The maximum absolute atomic E-state index is 12.2. The summed E-state index contributed by atoms with van der Waals surface area (Å²) in [5.41, 5.74) is 2.87. The molecular weight excluding hydrogens is 348 g/mol. The van der Waals surface area contributed by atoms with E-state index in [2.05, 4.69) is 15.5 Å². The van der Waals surface area contributed by atoms with Crippen molar-refractivity contribution in [1.29, 1.82) is 0 Å². The lowest BCUT2D eigenvalue weighted by atomic mass is 10.1. The van der Waals surface area contributed by atoms with Crippen molar-refractivity contribution in [3.63, 3.8) is 0 Å². The number of ether oxygens (including phenoxy) is 1. The van der Waals surface area contributed by atoms with E-state index in [0.29, 0.717) is 16.6 Å². The molecule has 1 heterocycles. The van der Waals surface area contributed by atoms with E-state index in [1.165, 1.54) is 11.8 Å². The van der Waals surface area contributed by atoms with Gasteiger partial charge in [0.25, 0.3) is 0 Å². The highest BCUT2D eigenvalue weighted by Crippen LogP contribution is 2.25. The molecule has 0 aliphatic heterocycles. The van der Waals surface area contributed by atoms with Crippen LogP contribution in [0.2, 0.25) is 0 Å². The highest BCUT2D eigenvalue weighted by atomic mass is 32.2. The van der Waals surface area contributed by atoms with E-state index in [1.807, 2.05) is 61.0 Å². The van der Waals surface area contributed by atoms with Gasteiger partial charge in [-0.3, -0.25) is 4.79 Å². The number of thioether (sulfide) groups is 1. The summed E-state index contributed by atoms with van der Waals surface area (Å²) in [6.07, 6.45) is 0. The number of carbonyl (C=O) groups is 1. The van der Waals surface area contributed by atoms with E-state index in [1.54, 1.807) is 13.2 Å². The van der Waals surface area contributed by atoms with Gasteiger partial charge < -0.3 is 14.6 Å². The third-order valence-corrected chi connectivity index (χ3v) is 4.93. The van der Waals surface area contributed by atoms with Gasteiger partial charge in [-0.05, 0) is 24.6 Å². The molecule has 6 nitrogen and oxygen atoms in total. The molecule has 0 unspecified atom stereocenters. The molecule has 1 aromatic heterocycles. The summed E-state index contributed by atoms with van der Waals surface area (Å²) in [6.45, 7) is 2.04. The minimum absolute atomic E-state index is 0.108. The van der Waals surface area contributed by atoms with Gasteiger partial charge in [-0.2, -0.15) is 0 Å². The summed E-state index contributed by atoms with van der Waals surface area (Å²) in [5.74, 6) is 1.63. The first kappa shape index (κ1) is 18.0. The number of carbonyl (C=O) groups excluding carboxylic acids is 1. The highest BCUT2D eigenvalue weighted by molar-refractivity contribution is 7.99. The van der Waals surface area contributed by atoms with Crippen LogP contribution < -0.4 is 10.1 Å². The fourth-order valence-electron chi connectivity index (χ4n) is 2.53. The maximum atomic E-state index is 12.2. The van der Waals surface area contributed by atoms with Crippen molar-refractivity contribution in [2.45, 2.75) is 12.1 Å². The first-order chi connectivity index (χ1) is 12.6. The second kappa shape index (κ2) is 8.05. The summed E-state index contributed by atoms with van der Waals surface area (Å²) in [5, 5.41) is 12.0. The predicted octanol–water partition coefficient (Wildman–Crippen LogP) is 3.53. The average molecular weight is 368 g/mol. The summed E-state index contributed by atoms with van der Waals surface area (Å²) in [4.78, 5) is 12.2. The van der Waals surface area contributed by atoms with Crippen LogP contribution in [0.1, 0.15) is 5.56 Å². The van der Waals surface area contributed by atoms with Crippen LogP contribution in [-0.4, -0.2) is 33.5 Å². The topological polar surface area (TPSA) is 69.0 Å². The largest absolute Gasteiger partial charge is 0.497 e. The van der Waals surface area contributed by atoms with Gasteiger partial charge in [0.05, 0.1) is 12.9 Å². The third kappa shape index (κ3) is 4.05. The molecule has 134 valence electrons. The highest BCUT2D eigenvalue weighted by Gasteiger charge is 2.14. The summed E-state index contributed by atoms with van der Waals surface area (Å²) >= 11 is 1.35. The lowest BCUT2D eigenvalue weighted by Crippen LogP contribution is -2.14. The molecular formula is C19H20N4O2S. The minimum Gasteiger partial charge on any atom is -0.497 e. The number of aromatic nitrogens is 3. The normalized spacial score (nSPS) is 10.6. The van der Waals surface area contributed by atoms with Gasteiger partial charge in [-0.1, -0.05) is 42.1 Å². The van der Waals surface area contributed by atoms with Gasteiger partial charge in [0.2, 0.25) is 5.91 Å². The number of nitrogens with one attached hydrogen (secondary N) is 1. The smallest absolute Gasteiger partial charge is 0.234 e. The Kier molecular flexibility index (Phi) is 5.58. The van der Waals surface area contributed by atoms with Crippen molar-refractivity contribution in [3.05, 3.63) is 54.1 Å². The summed E-state index contributed by atoms with van der Waals surface area (Å²) in [7, 11) is 3.50. The monoisotopic (exact) mass is 368 g/mol. The Morgan fingerprint density at radius 1 is 1.19 bits per heavy atom. The molecule has 0 radical (unpaired) electrons. The summed E-state index contributed by atoms with van der Waals surface area (Å²) < 4.78 is 7.07. The summed E-state index contributed by atoms with van der Waals surface area (Å²) in [6, 6.07) is 15.3. The van der Waals surface area contributed by atoms with Crippen LogP contribution in [0, 0.1) is 6.92 Å². The SMILES string of the molecule is COc1cccc(NC(=O)CSc2nnc(-c3ccccc3C)n2C)c1. The quantitative estimate of drug-likeness (QED) is 0.674. The molecule has 0 atom stereocenters. The van der Waals surface area contributed by atoms with Crippen LogP contribution in [0.15, 0.2) is 53.7 Å². The molecule has 0 spiro atoms. The number of hydrogen-bond acceptors (Lipinski definition) is 5. The van der Waals surface area contributed by atoms with E-state index >= 15 is 0 Å². The molecule has 3 rings (SSSR count). The molecule has 0 aliphatic rings. The number of benzene rings is 2. The van der Waals surface area contributed by atoms with Gasteiger partial charge in [0, 0.05) is 24.4 Å².